The molecule has 0 radical (unpaired) electrons. The van der Waals surface area contributed by atoms with Gasteiger partial charge in [-0.05, 0) is 83.9 Å². The van der Waals surface area contributed by atoms with Crippen molar-refractivity contribution < 1.29 is 28.5 Å². The number of methoxy groups -OCH3 is 1. The van der Waals surface area contributed by atoms with Crippen molar-refractivity contribution in [1.82, 2.24) is 0 Å². The molecule has 0 saturated heterocycles. The number of hydrogen-bond acceptors (Lipinski definition) is 6. The molecule has 0 amide bonds. The van der Waals surface area contributed by atoms with Gasteiger partial charge in [0.15, 0.2) is 0 Å². The fourth-order valence-electron chi connectivity index (χ4n) is 3.33. The fourth-order valence-corrected chi connectivity index (χ4v) is 3.33. The Hall–Kier alpha value is -4.84. The maximum Gasteiger partial charge on any atom is 0.343 e. The number of ether oxygens (including phenoxy) is 4. The van der Waals surface area contributed by atoms with E-state index >= 15 is 0 Å². The van der Waals surface area contributed by atoms with Crippen LogP contribution in [0.15, 0.2) is 110 Å². The van der Waals surface area contributed by atoms with Gasteiger partial charge >= 0.3 is 11.9 Å². The van der Waals surface area contributed by atoms with Crippen molar-refractivity contribution >= 4 is 11.9 Å². The van der Waals surface area contributed by atoms with Crippen LogP contribution in [-0.2, 0) is 0 Å². The van der Waals surface area contributed by atoms with Gasteiger partial charge in [0.2, 0.25) is 0 Å². The monoisotopic (exact) mass is 480 g/mol. The minimum Gasteiger partial charge on any atom is -0.497 e. The quantitative estimate of drug-likeness (QED) is 0.158. The van der Waals surface area contributed by atoms with Crippen molar-refractivity contribution in [3.8, 4) is 34.1 Å². The molecule has 0 bridgehead atoms. The molecule has 0 aliphatic rings. The molecule has 0 heterocycles. The third-order valence-corrected chi connectivity index (χ3v) is 5.25. The zero-order valence-corrected chi connectivity index (χ0v) is 19.7. The maximum atomic E-state index is 12.4. The van der Waals surface area contributed by atoms with Gasteiger partial charge in [0.05, 0.1) is 18.2 Å². The van der Waals surface area contributed by atoms with E-state index in [4.69, 9.17) is 18.9 Å². The summed E-state index contributed by atoms with van der Waals surface area (Å²) in [6.45, 7) is 4.00. The Kier molecular flexibility index (Phi) is 7.78. The Bertz CT molecular complexity index is 1320. The van der Waals surface area contributed by atoms with E-state index in [-0.39, 0.29) is 0 Å². The maximum absolute atomic E-state index is 12.4. The van der Waals surface area contributed by atoms with E-state index in [1.807, 2.05) is 24.3 Å². The van der Waals surface area contributed by atoms with Gasteiger partial charge in [0.25, 0.3) is 0 Å². The normalized spacial score (nSPS) is 10.2. The summed E-state index contributed by atoms with van der Waals surface area (Å²) in [7, 11) is 1.57. The summed E-state index contributed by atoms with van der Waals surface area (Å²) in [5.74, 6) is 1.28. The van der Waals surface area contributed by atoms with Crippen LogP contribution in [0.1, 0.15) is 20.7 Å². The summed E-state index contributed by atoms with van der Waals surface area (Å²) in [5, 5.41) is 0. The predicted octanol–water partition coefficient (Wildman–Crippen LogP) is 6.37. The lowest BCUT2D eigenvalue weighted by atomic mass is 10.1. The first-order valence-corrected chi connectivity index (χ1v) is 11.2. The number of carbonyl (C=O) groups excluding carboxylic acids is 2. The lowest BCUT2D eigenvalue weighted by Gasteiger charge is -2.08. The number of esters is 2. The molecule has 4 rings (SSSR count). The van der Waals surface area contributed by atoms with E-state index < -0.39 is 11.9 Å². The van der Waals surface area contributed by atoms with E-state index in [2.05, 4.69) is 6.58 Å². The van der Waals surface area contributed by atoms with Crippen LogP contribution in [0.2, 0.25) is 0 Å². The van der Waals surface area contributed by atoms with Crippen LogP contribution in [0.3, 0.4) is 0 Å². The van der Waals surface area contributed by atoms with Crippen molar-refractivity contribution in [3.63, 3.8) is 0 Å². The van der Waals surface area contributed by atoms with Gasteiger partial charge < -0.3 is 18.9 Å². The van der Waals surface area contributed by atoms with E-state index in [9.17, 15) is 9.59 Å². The van der Waals surface area contributed by atoms with Gasteiger partial charge in [-0.3, -0.25) is 0 Å². The average molecular weight is 481 g/mol. The molecule has 4 aromatic rings. The Balaban J connectivity index is 1.35. The van der Waals surface area contributed by atoms with Crippen molar-refractivity contribution in [2.45, 2.75) is 0 Å². The van der Waals surface area contributed by atoms with Gasteiger partial charge in [-0.2, -0.15) is 0 Å². The van der Waals surface area contributed by atoms with Crippen LogP contribution >= 0.6 is 0 Å². The molecule has 4 aromatic carbocycles. The van der Waals surface area contributed by atoms with Crippen molar-refractivity contribution in [1.29, 1.82) is 0 Å². The van der Waals surface area contributed by atoms with Crippen LogP contribution in [0.4, 0.5) is 0 Å². The van der Waals surface area contributed by atoms with Crippen LogP contribution in [0.5, 0.6) is 23.0 Å². The van der Waals surface area contributed by atoms with Gasteiger partial charge in [0, 0.05) is 0 Å². The van der Waals surface area contributed by atoms with Crippen molar-refractivity contribution in [2.24, 2.45) is 0 Å². The Labute approximate surface area is 209 Å². The molecule has 0 aromatic heterocycles. The van der Waals surface area contributed by atoms with E-state index in [1.165, 1.54) is 0 Å². The first-order chi connectivity index (χ1) is 17.6. The molecule has 0 aliphatic carbocycles. The molecule has 0 aliphatic heterocycles. The minimum absolute atomic E-state index is 0.397. The summed E-state index contributed by atoms with van der Waals surface area (Å²) in [5.41, 5.74) is 2.70. The smallest absolute Gasteiger partial charge is 0.343 e. The summed E-state index contributed by atoms with van der Waals surface area (Å²) in [6.07, 6.45) is 1.65. The van der Waals surface area contributed by atoms with Gasteiger partial charge in [-0.25, -0.2) is 9.59 Å². The average Bonchev–Trinajstić information content (AvgIpc) is 2.93. The zero-order valence-electron chi connectivity index (χ0n) is 19.7. The summed E-state index contributed by atoms with van der Waals surface area (Å²) < 4.78 is 21.4. The number of hydrogen-bond donors (Lipinski definition) is 0. The fraction of sp³-hybridized carbons (Fsp3) is 0.0667. The number of carbonyl (C=O) groups is 2. The third kappa shape index (κ3) is 6.18. The van der Waals surface area contributed by atoms with Crippen LogP contribution in [0, 0.1) is 0 Å². The molecule has 0 N–H and O–H groups in total. The van der Waals surface area contributed by atoms with Gasteiger partial charge in [0.1, 0.15) is 29.6 Å². The van der Waals surface area contributed by atoms with Gasteiger partial charge in [-0.15, -0.1) is 0 Å². The lowest BCUT2D eigenvalue weighted by Crippen LogP contribution is -2.08. The molecule has 36 heavy (non-hydrogen) atoms. The largest absolute Gasteiger partial charge is 0.497 e. The van der Waals surface area contributed by atoms with Crippen LogP contribution in [-0.4, -0.2) is 25.7 Å². The van der Waals surface area contributed by atoms with Crippen LogP contribution < -0.4 is 18.9 Å². The predicted molar refractivity (Wildman–Crippen MR) is 137 cm³/mol. The third-order valence-electron chi connectivity index (χ3n) is 5.25. The summed E-state index contributed by atoms with van der Waals surface area (Å²) in [4.78, 5) is 24.8. The first-order valence-electron chi connectivity index (χ1n) is 11.2. The Morgan fingerprint density at radius 3 is 1.39 bits per heavy atom. The van der Waals surface area contributed by atoms with E-state index in [0.29, 0.717) is 40.7 Å². The highest BCUT2D eigenvalue weighted by atomic mass is 16.5. The van der Waals surface area contributed by atoms with E-state index in [1.54, 1.807) is 86.0 Å². The highest BCUT2D eigenvalue weighted by Crippen LogP contribution is 2.26. The second kappa shape index (κ2) is 11.5. The van der Waals surface area contributed by atoms with Crippen molar-refractivity contribution in [3.05, 3.63) is 121 Å². The molecular weight excluding hydrogens is 456 g/mol. The number of rotatable bonds is 9. The highest BCUT2D eigenvalue weighted by molar-refractivity contribution is 5.92. The molecule has 6 heteroatoms. The molecule has 0 atom stereocenters. The van der Waals surface area contributed by atoms with Crippen molar-refractivity contribution in [2.75, 3.05) is 13.7 Å². The zero-order chi connectivity index (χ0) is 25.3. The molecule has 0 saturated carbocycles. The second-order valence-electron chi connectivity index (χ2n) is 7.68. The highest BCUT2D eigenvalue weighted by Gasteiger charge is 2.11. The number of benzene rings is 4. The Morgan fingerprint density at radius 2 is 1.00 bits per heavy atom. The van der Waals surface area contributed by atoms with Crippen LogP contribution in [0.25, 0.3) is 11.1 Å². The molecule has 6 nitrogen and oxygen atoms in total. The topological polar surface area (TPSA) is 71.1 Å². The summed E-state index contributed by atoms with van der Waals surface area (Å²) >= 11 is 0. The van der Waals surface area contributed by atoms with Gasteiger partial charge in [-0.1, -0.05) is 36.9 Å². The molecule has 180 valence electrons. The standard InChI is InChI=1S/C30H24O6/c1-3-20-34-26-14-10-24(11-15-26)30(32)36-28-18-6-22(7-19-28)21-4-16-27(17-5-21)35-29(31)23-8-12-25(33-2)13-9-23/h3-19H,1,20H2,2H3. The minimum atomic E-state index is -0.457. The first kappa shape index (κ1) is 24.3. The van der Waals surface area contributed by atoms with E-state index in [0.717, 1.165) is 11.1 Å². The molecular formula is C30H24O6. The second-order valence-corrected chi connectivity index (χ2v) is 7.68. The molecule has 0 unspecified atom stereocenters. The lowest BCUT2D eigenvalue weighted by molar-refractivity contribution is 0.0725. The molecule has 0 fully saturated rings. The SMILES string of the molecule is C=CCOc1ccc(C(=O)Oc2ccc(-c3ccc(OC(=O)c4ccc(OC)cc4)cc3)cc2)cc1. The summed E-state index contributed by atoms with van der Waals surface area (Å²) in [6, 6.07) is 27.8. The molecule has 0 spiro atoms. The Morgan fingerprint density at radius 1 is 0.611 bits per heavy atom.